The van der Waals surface area contributed by atoms with Crippen LogP contribution in [0.4, 0.5) is 0 Å². The summed E-state index contributed by atoms with van der Waals surface area (Å²) in [5.41, 5.74) is 0. The van der Waals surface area contributed by atoms with Crippen LogP contribution in [0.25, 0.3) is 0 Å². The number of hydrogen-bond acceptors (Lipinski definition) is 4. The summed E-state index contributed by atoms with van der Waals surface area (Å²) in [6, 6.07) is -0.0857. The Morgan fingerprint density at radius 3 is 2.81 bits per heavy atom. The summed E-state index contributed by atoms with van der Waals surface area (Å²) in [6.45, 7) is 1.93. The SMILES string of the molecule is O=C1CNCCCCN1C1CCS(=O)(=O)C1. The first-order valence-corrected chi connectivity index (χ1v) is 7.61. The fourth-order valence-electron chi connectivity index (χ4n) is 2.36. The molecule has 0 radical (unpaired) electrons. The molecule has 1 atom stereocenters. The maximum Gasteiger partial charge on any atom is 0.236 e. The maximum absolute atomic E-state index is 11.8. The van der Waals surface area contributed by atoms with Crippen molar-refractivity contribution in [1.82, 2.24) is 10.2 Å². The van der Waals surface area contributed by atoms with Crippen LogP contribution in [0.5, 0.6) is 0 Å². The van der Waals surface area contributed by atoms with E-state index >= 15 is 0 Å². The highest BCUT2D eigenvalue weighted by Gasteiger charge is 2.34. The van der Waals surface area contributed by atoms with Crippen LogP contribution in [0.1, 0.15) is 19.3 Å². The summed E-state index contributed by atoms with van der Waals surface area (Å²) in [6.07, 6.45) is 2.60. The molecule has 2 fully saturated rings. The van der Waals surface area contributed by atoms with Gasteiger partial charge in [-0.2, -0.15) is 0 Å². The molecule has 2 aliphatic heterocycles. The van der Waals surface area contributed by atoms with Gasteiger partial charge in [-0.25, -0.2) is 8.42 Å². The van der Waals surface area contributed by atoms with E-state index < -0.39 is 9.84 Å². The van der Waals surface area contributed by atoms with Crippen molar-refractivity contribution in [3.8, 4) is 0 Å². The van der Waals surface area contributed by atoms with Crippen molar-refractivity contribution in [3.05, 3.63) is 0 Å². The second-order valence-electron chi connectivity index (χ2n) is 4.53. The summed E-state index contributed by atoms with van der Waals surface area (Å²) in [7, 11) is -2.90. The molecule has 0 spiro atoms. The monoisotopic (exact) mass is 246 g/mol. The topological polar surface area (TPSA) is 66.5 Å². The van der Waals surface area contributed by atoms with Gasteiger partial charge in [-0.3, -0.25) is 4.79 Å². The van der Waals surface area contributed by atoms with Crippen LogP contribution in [0.3, 0.4) is 0 Å². The highest BCUT2D eigenvalue weighted by atomic mass is 32.2. The lowest BCUT2D eigenvalue weighted by molar-refractivity contribution is -0.132. The van der Waals surface area contributed by atoms with E-state index in [1.165, 1.54) is 0 Å². The number of nitrogens with one attached hydrogen (secondary N) is 1. The van der Waals surface area contributed by atoms with Crippen molar-refractivity contribution < 1.29 is 13.2 Å². The van der Waals surface area contributed by atoms with Crippen LogP contribution in [-0.2, 0) is 14.6 Å². The molecule has 0 aromatic carbocycles. The second kappa shape index (κ2) is 4.71. The quantitative estimate of drug-likeness (QED) is 0.670. The van der Waals surface area contributed by atoms with Gasteiger partial charge in [-0.15, -0.1) is 0 Å². The number of rotatable bonds is 1. The van der Waals surface area contributed by atoms with Gasteiger partial charge in [-0.1, -0.05) is 0 Å². The number of amides is 1. The van der Waals surface area contributed by atoms with E-state index in [0.717, 1.165) is 19.4 Å². The summed E-state index contributed by atoms with van der Waals surface area (Å²) < 4.78 is 22.8. The standard InChI is InChI=1S/C10H18N2O3S/c13-10-7-11-4-1-2-5-12(10)9-3-6-16(14,15)8-9/h9,11H,1-8H2. The van der Waals surface area contributed by atoms with Gasteiger partial charge in [0.1, 0.15) is 0 Å². The summed E-state index contributed by atoms with van der Waals surface area (Å²) in [5.74, 6) is 0.426. The average Bonchev–Trinajstić information content (AvgIpc) is 2.53. The molecule has 0 aromatic heterocycles. The molecule has 0 aromatic rings. The molecule has 1 unspecified atom stereocenters. The largest absolute Gasteiger partial charge is 0.338 e. The average molecular weight is 246 g/mol. The smallest absolute Gasteiger partial charge is 0.236 e. The molecule has 2 rings (SSSR count). The molecule has 0 aliphatic carbocycles. The van der Waals surface area contributed by atoms with Gasteiger partial charge in [0.2, 0.25) is 5.91 Å². The van der Waals surface area contributed by atoms with Crippen LogP contribution >= 0.6 is 0 Å². The van der Waals surface area contributed by atoms with Gasteiger partial charge in [0, 0.05) is 12.6 Å². The van der Waals surface area contributed by atoms with Crippen molar-refractivity contribution in [2.24, 2.45) is 0 Å². The Kier molecular flexibility index (Phi) is 3.49. The minimum absolute atomic E-state index is 0.0433. The van der Waals surface area contributed by atoms with Gasteiger partial charge < -0.3 is 10.2 Å². The fraction of sp³-hybridized carbons (Fsp3) is 0.900. The van der Waals surface area contributed by atoms with Crippen LogP contribution in [0.2, 0.25) is 0 Å². The third-order valence-corrected chi connectivity index (χ3v) is 5.00. The van der Waals surface area contributed by atoms with Gasteiger partial charge >= 0.3 is 0 Å². The van der Waals surface area contributed by atoms with E-state index in [2.05, 4.69) is 5.32 Å². The molecule has 0 bridgehead atoms. The Labute approximate surface area is 96.1 Å². The lowest BCUT2D eigenvalue weighted by Gasteiger charge is -2.30. The van der Waals surface area contributed by atoms with Gasteiger partial charge in [0.05, 0.1) is 18.1 Å². The van der Waals surface area contributed by atoms with E-state index in [1.54, 1.807) is 4.90 Å². The van der Waals surface area contributed by atoms with E-state index in [-0.39, 0.29) is 23.5 Å². The highest BCUT2D eigenvalue weighted by Crippen LogP contribution is 2.18. The summed E-state index contributed by atoms with van der Waals surface area (Å²) in [5, 5.41) is 3.07. The lowest BCUT2D eigenvalue weighted by Crippen LogP contribution is -2.47. The predicted molar refractivity (Wildman–Crippen MR) is 60.9 cm³/mol. The molecule has 92 valence electrons. The molecule has 0 saturated carbocycles. The molecule has 2 saturated heterocycles. The Hall–Kier alpha value is -0.620. The van der Waals surface area contributed by atoms with E-state index in [0.29, 0.717) is 19.5 Å². The number of sulfone groups is 1. The normalized spacial score (nSPS) is 31.1. The minimum Gasteiger partial charge on any atom is -0.338 e. The van der Waals surface area contributed by atoms with Gasteiger partial charge in [0.25, 0.3) is 0 Å². The molecule has 5 nitrogen and oxygen atoms in total. The first kappa shape index (κ1) is 11.9. The first-order chi connectivity index (χ1) is 7.58. The summed E-state index contributed by atoms with van der Waals surface area (Å²) in [4.78, 5) is 13.6. The van der Waals surface area contributed by atoms with E-state index in [4.69, 9.17) is 0 Å². The third kappa shape index (κ3) is 2.74. The van der Waals surface area contributed by atoms with Crippen molar-refractivity contribution in [1.29, 1.82) is 0 Å². The maximum atomic E-state index is 11.8. The molecular weight excluding hydrogens is 228 g/mol. The van der Waals surface area contributed by atoms with E-state index in [9.17, 15) is 13.2 Å². The van der Waals surface area contributed by atoms with Crippen LogP contribution in [0.15, 0.2) is 0 Å². The molecule has 16 heavy (non-hydrogen) atoms. The van der Waals surface area contributed by atoms with Crippen molar-refractivity contribution in [2.75, 3.05) is 31.1 Å². The predicted octanol–water partition coefficient (Wildman–Crippen LogP) is -0.614. The van der Waals surface area contributed by atoms with Crippen LogP contribution in [-0.4, -0.2) is 56.4 Å². The molecule has 2 aliphatic rings. The Morgan fingerprint density at radius 2 is 2.12 bits per heavy atom. The van der Waals surface area contributed by atoms with Gasteiger partial charge in [0.15, 0.2) is 9.84 Å². The van der Waals surface area contributed by atoms with E-state index in [1.807, 2.05) is 0 Å². The second-order valence-corrected chi connectivity index (χ2v) is 6.76. The molecule has 1 N–H and O–H groups in total. The Bertz CT molecular complexity index is 366. The van der Waals surface area contributed by atoms with Crippen LogP contribution in [0, 0.1) is 0 Å². The van der Waals surface area contributed by atoms with Gasteiger partial charge in [-0.05, 0) is 25.8 Å². The van der Waals surface area contributed by atoms with Crippen LogP contribution < -0.4 is 5.32 Å². The number of nitrogens with zero attached hydrogens (tertiary/aromatic N) is 1. The Balaban J connectivity index is 2.03. The fourth-order valence-corrected chi connectivity index (χ4v) is 4.09. The van der Waals surface area contributed by atoms with Crippen molar-refractivity contribution in [3.63, 3.8) is 0 Å². The van der Waals surface area contributed by atoms with Crippen molar-refractivity contribution >= 4 is 15.7 Å². The lowest BCUT2D eigenvalue weighted by atomic mass is 10.1. The van der Waals surface area contributed by atoms with Crippen molar-refractivity contribution in [2.45, 2.75) is 25.3 Å². The molecular formula is C10H18N2O3S. The zero-order valence-corrected chi connectivity index (χ0v) is 10.1. The zero-order valence-electron chi connectivity index (χ0n) is 9.31. The molecule has 2 heterocycles. The number of hydrogen-bond donors (Lipinski definition) is 1. The third-order valence-electron chi connectivity index (χ3n) is 3.25. The minimum atomic E-state index is -2.90. The molecule has 6 heteroatoms. The number of carbonyl (C=O) groups is 1. The first-order valence-electron chi connectivity index (χ1n) is 5.79. The number of carbonyl (C=O) groups excluding carboxylic acids is 1. The highest BCUT2D eigenvalue weighted by molar-refractivity contribution is 7.91. The molecule has 1 amide bonds. The zero-order chi connectivity index (χ0) is 11.6. The Morgan fingerprint density at radius 1 is 1.31 bits per heavy atom. The summed E-state index contributed by atoms with van der Waals surface area (Å²) >= 11 is 0.